The maximum atomic E-state index is 14.4. The van der Waals surface area contributed by atoms with Crippen molar-refractivity contribution in [2.45, 2.75) is 19.3 Å². The fraction of sp³-hybridized carbons (Fsp3) is 0.212. The van der Waals surface area contributed by atoms with E-state index >= 15 is 0 Å². The molecule has 7 nitrogen and oxygen atoms in total. The molecule has 1 amide bonds. The summed E-state index contributed by atoms with van der Waals surface area (Å²) in [6.07, 6.45) is 2.66. The zero-order chi connectivity index (χ0) is 28.8. The molecule has 0 atom stereocenters. The molecule has 1 aromatic heterocycles. The monoisotopic (exact) mass is 553 g/mol. The molecule has 41 heavy (non-hydrogen) atoms. The number of ether oxygens (including phenoxy) is 2. The van der Waals surface area contributed by atoms with Crippen LogP contribution in [0.4, 0.5) is 10.1 Å². The number of para-hydroxylation sites is 2. The van der Waals surface area contributed by atoms with Gasteiger partial charge in [-0.25, -0.2) is 4.39 Å². The summed E-state index contributed by atoms with van der Waals surface area (Å²) >= 11 is 0. The van der Waals surface area contributed by atoms with E-state index in [0.29, 0.717) is 16.6 Å². The predicted octanol–water partition coefficient (Wildman–Crippen LogP) is 5.85. The molecule has 3 N–H and O–H groups in total. The molecule has 5 rings (SSSR count). The summed E-state index contributed by atoms with van der Waals surface area (Å²) in [5.74, 6) is 0.530. The first-order valence-corrected chi connectivity index (χ1v) is 13.5. The quantitative estimate of drug-likeness (QED) is 0.141. The normalized spacial score (nSPS) is 11.1. The van der Waals surface area contributed by atoms with Crippen LogP contribution < -0.4 is 25.5 Å². The third-order valence-electron chi connectivity index (χ3n) is 7.10. The number of carbonyl (C=O) groups is 1. The summed E-state index contributed by atoms with van der Waals surface area (Å²) in [6.45, 7) is 1.70. The number of nitrogens with one attached hydrogen (secondary N) is 3. The Morgan fingerprint density at radius 1 is 0.805 bits per heavy atom. The molecule has 0 radical (unpaired) electrons. The minimum atomic E-state index is -0.542. The van der Waals surface area contributed by atoms with Gasteiger partial charge in [-0.15, -0.1) is 0 Å². The van der Waals surface area contributed by atoms with E-state index in [4.69, 9.17) is 9.47 Å². The molecule has 8 heteroatoms. The Bertz CT molecular complexity index is 1770. The first kappa shape index (κ1) is 27.9. The van der Waals surface area contributed by atoms with Gasteiger partial charge in [0.15, 0.2) is 16.9 Å². The Kier molecular flexibility index (Phi) is 8.60. The summed E-state index contributed by atoms with van der Waals surface area (Å²) in [7, 11) is 3.26. The van der Waals surface area contributed by atoms with Crippen LogP contribution in [0.2, 0.25) is 0 Å². The van der Waals surface area contributed by atoms with Gasteiger partial charge in [-0.1, -0.05) is 30.3 Å². The van der Waals surface area contributed by atoms with Crippen molar-refractivity contribution in [3.05, 3.63) is 112 Å². The lowest BCUT2D eigenvalue weighted by Gasteiger charge is -2.11. The van der Waals surface area contributed by atoms with Crippen LogP contribution in [0.25, 0.3) is 21.8 Å². The molecule has 0 aliphatic carbocycles. The van der Waals surface area contributed by atoms with Crippen LogP contribution in [0, 0.1) is 5.82 Å². The molecule has 0 saturated carbocycles. The number of methoxy groups -OCH3 is 2. The molecule has 4 aromatic carbocycles. The molecule has 0 saturated heterocycles. The van der Waals surface area contributed by atoms with Crippen LogP contribution in [-0.4, -0.2) is 38.2 Å². The Morgan fingerprint density at radius 2 is 1.54 bits per heavy atom. The number of H-pyrrole nitrogens is 1. The number of anilines is 1. The van der Waals surface area contributed by atoms with Crippen molar-refractivity contribution in [1.82, 2.24) is 10.3 Å². The molecule has 0 spiro atoms. The lowest BCUT2D eigenvalue weighted by molar-refractivity contribution is 0.102. The van der Waals surface area contributed by atoms with Crippen LogP contribution in [0.3, 0.4) is 0 Å². The average Bonchev–Trinajstić information content (AvgIpc) is 2.99. The highest BCUT2D eigenvalue weighted by atomic mass is 19.1. The van der Waals surface area contributed by atoms with Crippen LogP contribution in [-0.2, 0) is 12.8 Å². The minimum absolute atomic E-state index is 0.0876. The first-order chi connectivity index (χ1) is 20.0. The highest BCUT2D eigenvalue weighted by Gasteiger charge is 2.16. The topological polar surface area (TPSA) is 92.5 Å². The molecule has 0 aliphatic heterocycles. The molecule has 210 valence electrons. The van der Waals surface area contributed by atoms with Crippen molar-refractivity contribution in [3.8, 4) is 11.5 Å². The summed E-state index contributed by atoms with van der Waals surface area (Å²) in [5.41, 5.74) is 3.28. The smallest absolute Gasteiger partial charge is 0.257 e. The number of hydrogen-bond donors (Lipinski definition) is 3. The zero-order valence-corrected chi connectivity index (χ0v) is 23.1. The lowest BCUT2D eigenvalue weighted by Crippen LogP contribution is -2.19. The maximum absolute atomic E-state index is 14.4. The molecule has 0 unspecified atom stereocenters. The van der Waals surface area contributed by atoms with Crippen LogP contribution >= 0.6 is 0 Å². The van der Waals surface area contributed by atoms with Crippen LogP contribution in [0.15, 0.2) is 83.7 Å². The number of fused-ring (bicyclic) bond motifs is 2. The number of benzene rings is 4. The van der Waals surface area contributed by atoms with Crippen molar-refractivity contribution in [1.29, 1.82) is 0 Å². The van der Waals surface area contributed by atoms with Gasteiger partial charge in [0.1, 0.15) is 5.82 Å². The zero-order valence-electron chi connectivity index (χ0n) is 23.1. The number of aromatic nitrogens is 1. The molecule has 5 aromatic rings. The van der Waals surface area contributed by atoms with Gasteiger partial charge in [0, 0.05) is 16.5 Å². The van der Waals surface area contributed by atoms with Gasteiger partial charge in [-0.05, 0) is 92.0 Å². The molecule has 0 aliphatic rings. The Morgan fingerprint density at radius 3 is 2.34 bits per heavy atom. The lowest BCUT2D eigenvalue weighted by atomic mass is 10.1. The first-order valence-electron chi connectivity index (χ1n) is 13.5. The molecule has 1 heterocycles. The van der Waals surface area contributed by atoms with Crippen molar-refractivity contribution < 1.29 is 18.7 Å². The van der Waals surface area contributed by atoms with Crippen LogP contribution in [0.5, 0.6) is 11.5 Å². The van der Waals surface area contributed by atoms with Crippen molar-refractivity contribution in [2.75, 3.05) is 32.6 Å². The van der Waals surface area contributed by atoms with Crippen LogP contribution in [0.1, 0.15) is 27.9 Å². The summed E-state index contributed by atoms with van der Waals surface area (Å²) in [4.78, 5) is 29.2. The predicted molar refractivity (Wildman–Crippen MR) is 161 cm³/mol. The highest BCUT2D eigenvalue weighted by molar-refractivity contribution is 6.13. The third-order valence-corrected chi connectivity index (χ3v) is 7.10. The second kappa shape index (κ2) is 12.7. The average molecular weight is 554 g/mol. The largest absolute Gasteiger partial charge is 0.493 e. The van der Waals surface area contributed by atoms with Gasteiger partial charge in [-0.3, -0.25) is 9.59 Å². The summed E-state index contributed by atoms with van der Waals surface area (Å²) < 4.78 is 25.1. The number of aromatic amines is 1. The van der Waals surface area contributed by atoms with Crippen molar-refractivity contribution in [2.24, 2.45) is 0 Å². The van der Waals surface area contributed by atoms with E-state index in [1.165, 1.54) is 17.7 Å². The van der Waals surface area contributed by atoms with E-state index in [9.17, 15) is 14.0 Å². The maximum Gasteiger partial charge on any atom is 0.257 e. The summed E-state index contributed by atoms with van der Waals surface area (Å²) in [5, 5.41) is 6.99. The van der Waals surface area contributed by atoms with E-state index in [2.05, 4.69) is 15.6 Å². The van der Waals surface area contributed by atoms with Gasteiger partial charge in [0.05, 0.1) is 30.8 Å². The second-order valence-corrected chi connectivity index (χ2v) is 9.79. The van der Waals surface area contributed by atoms with E-state index in [1.54, 1.807) is 38.5 Å². The highest BCUT2D eigenvalue weighted by Crippen LogP contribution is 2.27. The van der Waals surface area contributed by atoms with E-state index in [1.807, 2.05) is 42.5 Å². The number of halogens is 1. The minimum Gasteiger partial charge on any atom is -0.493 e. The van der Waals surface area contributed by atoms with Gasteiger partial charge < -0.3 is 25.1 Å². The van der Waals surface area contributed by atoms with Gasteiger partial charge in [0.2, 0.25) is 0 Å². The molecule has 0 fully saturated rings. The Labute approximate surface area is 237 Å². The standard InChI is InChI=1S/C33H32FN3O4/c1-40-28-15-14-22(20-29(28)41-2)16-18-35-17-6-8-21-7-3-9-23(19-21)36-33(39)26-12-4-10-24-30(26)37-31-25(32(24)38)11-5-13-27(31)34/h3-5,7,9-15,19-20,35H,6,8,16-18H2,1-2H3,(H,36,39)(H,37,38). The number of rotatable bonds is 11. The SMILES string of the molecule is COc1ccc(CCNCCCc2cccc(NC(=O)c3cccc4c(=O)c5cccc(F)c5[nH]c34)c2)cc1OC. The fourth-order valence-electron chi connectivity index (χ4n) is 4.99. The third kappa shape index (κ3) is 6.23. The van der Waals surface area contributed by atoms with Gasteiger partial charge >= 0.3 is 0 Å². The molecular weight excluding hydrogens is 521 g/mol. The van der Waals surface area contributed by atoms with Crippen molar-refractivity contribution >= 4 is 33.4 Å². The fourth-order valence-corrected chi connectivity index (χ4v) is 4.99. The number of aryl methyl sites for hydroxylation is 1. The number of pyridine rings is 1. The summed E-state index contributed by atoms with van der Waals surface area (Å²) in [6, 6.07) is 22.9. The number of amides is 1. The van der Waals surface area contributed by atoms with E-state index < -0.39 is 5.82 Å². The Hall–Kier alpha value is -4.69. The number of hydrogen-bond acceptors (Lipinski definition) is 5. The Balaban J connectivity index is 1.18. The number of carbonyl (C=O) groups excluding carboxylic acids is 1. The molecule has 0 bridgehead atoms. The van der Waals surface area contributed by atoms with Gasteiger partial charge in [0.25, 0.3) is 5.91 Å². The van der Waals surface area contributed by atoms with Crippen molar-refractivity contribution in [3.63, 3.8) is 0 Å². The second-order valence-electron chi connectivity index (χ2n) is 9.79. The van der Waals surface area contributed by atoms with E-state index in [0.717, 1.165) is 49.4 Å². The van der Waals surface area contributed by atoms with E-state index in [-0.39, 0.29) is 27.8 Å². The molecular formula is C33H32FN3O4. The van der Waals surface area contributed by atoms with Gasteiger partial charge in [-0.2, -0.15) is 0 Å².